The van der Waals surface area contributed by atoms with Crippen molar-refractivity contribution in [1.29, 1.82) is 0 Å². The van der Waals surface area contributed by atoms with Gasteiger partial charge in [-0.1, -0.05) is 29.8 Å². The highest BCUT2D eigenvalue weighted by Gasteiger charge is 2.12. The second kappa shape index (κ2) is 7.92. The first-order chi connectivity index (χ1) is 12.1. The van der Waals surface area contributed by atoms with Crippen LogP contribution in [0.4, 0.5) is 0 Å². The van der Waals surface area contributed by atoms with E-state index in [9.17, 15) is 9.59 Å². The smallest absolute Gasteiger partial charge is 0.345 e. The minimum atomic E-state index is -0.540. The molecular formula is C20H13ClO3S. The number of hydrogen-bond acceptors (Lipinski definition) is 4. The van der Waals surface area contributed by atoms with Crippen molar-refractivity contribution in [3.8, 4) is 5.75 Å². The predicted molar refractivity (Wildman–Crippen MR) is 101 cm³/mol. The lowest BCUT2D eigenvalue weighted by Gasteiger charge is -2.06. The molecule has 5 heteroatoms. The first-order valence-corrected chi connectivity index (χ1v) is 8.72. The summed E-state index contributed by atoms with van der Waals surface area (Å²) in [5.74, 6) is -0.302. The van der Waals surface area contributed by atoms with Gasteiger partial charge in [0.2, 0.25) is 0 Å². The quantitative estimate of drug-likeness (QED) is 0.258. The van der Waals surface area contributed by atoms with E-state index in [1.807, 2.05) is 17.5 Å². The molecule has 0 aliphatic rings. The molecule has 0 bridgehead atoms. The number of thiophene rings is 1. The Kier molecular flexibility index (Phi) is 5.43. The van der Waals surface area contributed by atoms with Gasteiger partial charge in [-0.15, -0.1) is 11.3 Å². The zero-order valence-electron chi connectivity index (χ0n) is 13.0. The van der Waals surface area contributed by atoms with Gasteiger partial charge in [-0.2, -0.15) is 0 Å². The van der Waals surface area contributed by atoms with E-state index in [1.165, 1.54) is 6.08 Å². The van der Waals surface area contributed by atoms with E-state index in [4.69, 9.17) is 16.3 Å². The third-order valence-corrected chi connectivity index (χ3v) is 4.55. The summed E-state index contributed by atoms with van der Waals surface area (Å²) in [5.41, 5.74) is 0.813. The Balaban J connectivity index is 1.67. The summed E-state index contributed by atoms with van der Waals surface area (Å²) < 4.78 is 5.28. The van der Waals surface area contributed by atoms with Gasteiger partial charge in [0.25, 0.3) is 0 Å². The fraction of sp³-hybridized carbons (Fsp3) is 0. The summed E-state index contributed by atoms with van der Waals surface area (Å²) in [6.45, 7) is 0. The molecule has 0 radical (unpaired) electrons. The number of ether oxygens (including phenoxy) is 1. The number of esters is 1. The molecule has 124 valence electrons. The van der Waals surface area contributed by atoms with Crippen molar-refractivity contribution < 1.29 is 14.3 Å². The molecule has 1 heterocycles. The lowest BCUT2D eigenvalue weighted by molar-refractivity contribution is 0.0735. The second-order valence-electron chi connectivity index (χ2n) is 5.11. The number of halogens is 1. The Morgan fingerprint density at radius 1 is 0.960 bits per heavy atom. The van der Waals surface area contributed by atoms with E-state index in [1.54, 1.807) is 65.9 Å². The molecule has 3 nitrogen and oxygen atoms in total. The highest BCUT2D eigenvalue weighted by molar-refractivity contribution is 7.10. The molecule has 2 aromatic carbocycles. The van der Waals surface area contributed by atoms with Crippen molar-refractivity contribution in [2.24, 2.45) is 0 Å². The van der Waals surface area contributed by atoms with Gasteiger partial charge in [0, 0.05) is 10.4 Å². The first-order valence-electron chi connectivity index (χ1n) is 7.46. The lowest BCUT2D eigenvalue weighted by atomic mass is 10.1. The van der Waals surface area contributed by atoms with Gasteiger partial charge in [0.05, 0.1) is 10.6 Å². The van der Waals surface area contributed by atoms with Crippen LogP contribution in [0, 0.1) is 0 Å². The van der Waals surface area contributed by atoms with Crippen molar-refractivity contribution >= 4 is 40.8 Å². The summed E-state index contributed by atoms with van der Waals surface area (Å²) in [6.07, 6.45) is 3.30. The predicted octanol–water partition coefficient (Wildman–Crippen LogP) is 5.52. The second-order valence-corrected chi connectivity index (χ2v) is 6.49. The minimum absolute atomic E-state index is 0.114. The Morgan fingerprint density at radius 2 is 1.72 bits per heavy atom. The fourth-order valence-corrected chi connectivity index (χ4v) is 2.95. The molecule has 0 aliphatic heterocycles. The van der Waals surface area contributed by atoms with Gasteiger partial charge in [-0.3, -0.25) is 4.79 Å². The van der Waals surface area contributed by atoms with Gasteiger partial charge >= 0.3 is 5.97 Å². The summed E-state index contributed by atoms with van der Waals surface area (Å²) in [5, 5.41) is 2.28. The van der Waals surface area contributed by atoms with Crippen LogP contribution in [-0.4, -0.2) is 11.8 Å². The molecular weight excluding hydrogens is 356 g/mol. The molecule has 1 aromatic heterocycles. The average molecular weight is 369 g/mol. The molecule has 25 heavy (non-hydrogen) atoms. The molecule has 0 fully saturated rings. The van der Waals surface area contributed by atoms with Crippen molar-refractivity contribution in [2.45, 2.75) is 0 Å². The maximum Gasteiger partial charge on any atom is 0.345 e. The van der Waals surface area contributed by atoms with Gasteiger partial charge < -0.3 is 4.74 Å². The number of hydrogen-bond donors (Lipinski definition) is 0. The number of carbonyl (C=O) groups excluding carboxylic acids is 2. The van der Waals surface area contributed by atoms with Crippen LogP contribution in [0.3, 0.4) is 0 Å². The van der Waals surface area contributed by atoms with Crippen LogP contribution in [0.25, 0.3) is 6.08 Å². The Labute approximate surface area is 154 Å². The minimum Gasteiger partial charge on any atom is -0.423 e. The lowest BCUT2D eigenvalue weighted by Crippen LogP contribution is -2.09. The molecule has 0 saturated carbocycles. The Hall–Kier alpha value is -2.69. The molecule has 3 rings (SSSR count). The van der Waals surface area contributed by atoms with Crippen molar-refractivity contribution in [3.63, 3.8) is 0 Å². The average Bonchev–Trinajstić information content (AvgIpc) is 3.14. The molecule has 0 N–H and O–H groups in total. The Morgan fingerprint density at radius 3 is 2.40 bits per heavy atom. The van der Waals surface area contributed by atoms with Crippen molar-refractivity contribution in [2.75, 3.05) is 0 Å². The molecule has 0 aliphatic carbocycles. The maximum atomic E-state index is 12.1. The number of rotatable bonds is 5. The van der Waals surface area contributed by atoms with E-state index in [-0.39, 0.29) is 5.78 Å². The third kappa shape index (κ3) is 4.44. The van der Waals surface area contributed by atoms with E-state index < -0.39 is 5.97 Å². The van der Waals surface area contributed by atoms with Crippen LogP contribution in [0.15, 0.2) is 72.1 Å². The maximum absolute atomic E-state index is 12.1. The summed E-state index contributed by atoms with van der Waals surface area (Å²) >= 11 is 7.54. The fourth-order valence-electron chi connectivity index (χ4n) is 2.12. The van der Waals surface area contributed by atoms with Crippen LogP contribution < -0.4 is 4.74 Å². The Bertz CT molecular complexity index is 912. The van der Waals surface area contributed by atoms with Gasteiger partial charge in [-0.05, 0) is 60.0 Å². The largest absolute Gasteiger partial charge is 0.423 e. The first kappa shape index (κ1) is 17.1. The van der Waals surface area contributed by atoms with Crippen LogP contribution in [0.1, 0.15) is 25.6 Å². The summed E-state index contributed by atoms with van der Waals surface area (Å²) in [6, 6.07) is 16.9. The van der Waals surface area contributed by atoms with Crippen LogP contribution in [0.2, 0.25) is 5.02 Å². The zero-order chi connectivity index (χ0) is 17.6. The van der Waals surface area contributed by atoms with Crippen LogP contribution >= 0.6 is 22.9 Å². The topological polar surface area (TPSA) is 43.4 Å². The number of carbonyl (C=O) groups is 2. The molecule has 3 aromatic rings. The van der Waals surface area contributed by atoms with Crippen molar-refractivity contribution in [1.82, 2.24) is 0 Å². The monoisotopic (exact) mass is 368 g/mol. The number of allylic oxidation sites excluding steroid dienone is 1. The van der Waals surface area contributed by atoms with Gasteiger partial charge in [0.1, 0.15) is 5.75 Å². The molecule has 0 amide bonds. The normalized spacial score (nSPS) is 10.8. The highest BCUT2D eigenvalue weighted by Crippen LogP contribution is 2.19. The molecule has 0 saturated heterocycles. The van der Waals surface area contributed by atoms with E-state index in [0.29, 0.717) is 21.9 Å². The van der Waals surface area contributed by atoms with E-state index in [2.05, 4.69) is 0 Å². The SMILES string of the molecule is O=C(/C=C/c1cccs1)c1ccc(OC(=O)c2ccccc2Cl)cc1. The van der Waals surface area contributed by atoms with E-state index in [0.717, 1.165) is 4.88 Å². The summed E-state index contributed by atoms with van der Waals surface area (Å²) in [4.78, 5) is 25.2. The van der Waals surface area contributed by atoms with Gasteiger partial charge in [0.15, 0.2) is 5.78 Å². The summed E-state index contributed by atoms with van der Waals surface area (Å²) in [7, 11) is 0. The number of ketones is 1. The van der Waals surface area contributed by atoms with Gasteiger partial charge in [-0.25, -0.2) is 4.79 Å². The molecule has 0 spiro atoms. The standard InChI is InChI=1S/C20H13ClO3S/c21-18-6-2-1-5-17(18)20(23)24-15-9-7-14(8-10-15)19(22)12-11-16-4-3-13-25-16/h1-13H/b12-11+. The van der Waals surface area contributed by atoms with Crippen LogP contribution in [0.5, 0.6) is 5.75 Å². The van der Waals surface area contributed by atoms with Crippen LogP contribution in [-0.2, 0) is 0 Å². The third-order valence-electron chi connectivity index (χ3n) is 3.39. The number of benzene rings is 2. The molecule has 0 unspecified atom stereocenters. The zero-order valence-corrected chi connectivity index (χ0v) is 14.6. The molecule has 0 atom stereocenters. The van der Waals surface area contributed by atoms with Crippen molar-refractivity contribution in [3.05, 3.63) is 93.1 Å². The highest BCUT2D eigenvalue weighted by atomic mass is 35.5. The van der Waals surface area contributed by atoms with E-state index >= 15 is 0 Å².